The Kier molecular flexibility index (Phi) is 8.70. The summed E-state index contributed by atoms with van der Waals surface area (Å²) in [4.78, 5) is 15.7. The summed E-state index contributed by atoms with van der Waals surface area (Å²) in [6, 6.07) is 3.84. The third-order valence-corrected chi connectivity index (χ3v) is 6.54. The smallest absolute Gasteiger partial charge is 0.190 e. The number of thiazole rings is 1. The molecule has 0 aromatic carbocycles. The van der Waals surface area contributed by atoms with Gasteiger partial charge in [-0.15, -0.1) is 11.3 Å². The van der Waals surface area contributed by atoms with E-state index in [9.17, 15) is 0 Å². The lowest BCUT2D eigenvalue weighted by Gasteiger charge is -2.31. The lowest BCUT2D eigenvalue weighted by atomic mass is 9.97. The number of nitrogens with zero attached hydrogens (tertiary/aromatic N) is 4. The summed E-state index contributed by atoms with van der Waals surface area (Å²) in [6.45, 7) is 7.21. The molecule has 3 rings (SSSR count). The predicted molar refractivity (Wildman–Crippen MR) is 122 cm³/mol. The van der Waals surface area contributed by atoms with E-state index in [-0.39, 0.29) is 0 Å². The van der Waals surface area contributed by atoms with Gasteiger partial charge in [-0.05, 0) is 56.3 Å². The second kappa shape index (κ2) is 11.5. The zero-order valence-corrected chi connectivity index (χ0v) is 18.9. The van der Waals surface area contributed by atoms with Crippen molar-refractivity contribution < 1.29 is 0 Å². The first kappa shape index (κ1) is 22.0. The topological polar surface area (TPSA) is 65.4 Å². The van der Waals surface area contributed by atoms with Gasteiger partial charge in [-0.25, -0.2) is 9.97 Å². The van der Waals surface area contributed by atoms with Gasteiger partial charge in [0.15, 0.2) is 5.96 Å². The molecule has 1 aliphatic heterocycles. The van der Waals surface area contributed by atoms with Gasteiger partial charge in [0, 0.05) is 38.3 Å². The summed E-state index contributed by atoms with van der Waals surface area (Å²) in [5.41, 5.74) is 2.39. The number of hydrogen-bond donors (Lipinski definition) is 2. The van der Waals surface area contributed by atoms with Crippen LogP contribution in [0.1, 0.15) is 36.0 Å². The van der Waals surface area contributed by atoms with Crippen LogP contribution in [0.4, 0.5) is 0 Å². The number of aromatic nitrogens is 2. The van der Waals surface area contributed by atoms with E-state index in [0.29, 0.717) is 11.1 Å². The van der Waals surface area contributed by atoms with Crippen LogP contribution in [0.2, 0.25) is 5.15 Å². The predicted octanol–water partition coefficient (Wildman–Crippen LogP) is 3.37. The van der Waals surface area contributed by atoms with Gasteiger partial charge in [-0.3, -0.25) is 9.89 Å². The minimum atomic E-state index is 0.530. The molecular weight excluding hydrogens is 404 g/mol. The molecule has 0 saturated carbocycles. The summed E-state index contributed by atoms with van der Waals surface area (Å²) >= 11 is 7.61. The highest BCUT2D eigenvalue weighted by molar-refractivity contribution is 7.09. The second-order valence-electron chi connectivity index (χ2n) is 7.42. The van der Waals surface area contributed by atoms with Crippen molar-refractivity contribution in [1.29, 1.82) is 0 Å². The minimum Gasteiger partial charge on any atom is -0.356 e. The van der Waals surface area contributed by atoms with E-state index in [0.717, 1.165) is 57.1 Å². The van der Waals surface area contributed by atoms with Crippen molar-refractivity contribution in [3.63, 3.8) is 0 Å². The van der Waals surface area contributed by atoms with Crippen LogP contribution in [0.5, 0.6) is 0 Å². The molecule has 1 aliphatic rings. The standard InChI is InChI=1S/C21H31ClN6S/c1-3-20-27-18(15-29-20)14-28-10-7-17(8-11-28)13-26-21(23-2)24-9-6-16-4-5-19(22)25-12-16/h4-5,12,15,17H,3,6-11,13-14H2,1-2H3,(H2,23,24,26). The summed E-state index contributed by atoms with van der Waals surface area (Å²) in [5, 5.41) is 10.8. The highest BCUT2D eigenvalue weighted by atomic mass is 35.5. The van der Waals surface area contributed by atoms with Crippen LogP contribution < -0.4 is 10.6 Å². The van der Waals surface area contributed by atoms with Gasteiger partial charge in [-0.1, -0.05) is 24.6 Å². The normalized spacial score (nSPS) is 16.2. The van der Waals surface area contributed by atoms with Crippen LogP contribution in [0, 0.1) is 5.92 Å². The van der Waals surface area contributed by atoms with Crippen molar-refractivity contribution in [2.45, 2.75) is 39.2 Å². The molecule has 8 heteroatoms. The number of likely N-dealkylation sites (tertiary alicyclic amines) is 1. The molecule has 0 radical (unpaired) electrons. The Labute approximate surface area is 182 Å². The van der Waals surface area contributed by atoms with Gasteiger partial charge < -0.3 is 10.6 Å². The van der Waals surface area contributed by atoms with Crippen LogP contribution in [-0.2, 0) is 19.4 Å². The molecule has 1 fully saturated rings. The first-order valence-electron chi connectivity index (χ1n) is 10.4. The molecule has 158 valence electrons. The average Bonchev–Trinajstić information content (AvgIpc) is 3.20. The fraction of sp³-hybridized carbons (Fsp3) is 0.571. The van der Waals surface area contributed by atoms with Gasteiger partial charge in [0.25, 0.3) is 0 Å². The van der Waals surface area contributed by atoms with Crippen LogP contribution in [0.15, 0.2) is 28.7 Å². The third kappa shape index (κ3) is 7.24. The van der Waals surface area contributed by atoms with Gasteiger partial charge >= 0.3 is 0 Å². The van der Waals surface area contributed by atoms with Crippen molar-refractivity contribution in [3.05, 3.63) is 45.1 Å². The van der Waals surface area contributed by atoms with E-state index in [1.165, 1.54) is 23.5 Å². The van der Waals surface area contributed by atoms with Crippen molar-refractivity contribution in [3.8, 4) is 0 Å². The molecule has 29 heavy (non-hydrogen) atoms. The number of nitrogens with one attached hydrogen (secondary N) is 2. The van der Waals surface area contributed by atoms with Crippen molar-refractivity contribution in [2.75, 3.05) is 33.2 Å². The Morgan fingerprint density at radius 2 is 2.14 bits per heavy atom. The maximum absolute atomic E-state index is 5.83. The number of aryl methyl sites for hydroxylation is 1. The summed E-state index contributed by atoms with van der Waals surface area (Å²) in [7, 11) is 1.82. The quantitative estimate of drug-likeness (QED) is 0.379. The third-order valence-electron chi connectivity index (χ3n) is 5.27. The number of aliphatic imine (C=N–C) groups is 1. The Balaban J connectivity index is 1.32. The van der Waals surface area contributed by atoms with Crippen molar-refractivity contribution in [2.24, 2.45) is 10.9 Å². The molecule has 0 aliphatic carbocycles. The molecule has 0 bridgehead atoms. The molecule has 0 unspecified atom stereocenters. The molecule has 3 heterocycles. The number of pyridine rings is 1. The van der Waals surface area contributed by atoms with Crippen LogP contribution in [0.3, 0.4) is 0 Å². The number of guanidine groups is 1. The zero-order chi connectivity index (χ0) is 20.5. The molecule has 2 aromatic rings. The van der Waals surface area contributed by atoms with E-state index < -0.39 is 0 Å². The van der Waals surface area contributed by atoms with Crippen molar-refractivity contribution >= 4 is 28.9 Å². The zero-order valence-electron chi connectivity index (χ0n) is 17.3. The molecule has 0 spiro atoms. The number of halogens is 1. The molecule has 0 amide bonds. The van der Waals surface area contributed by atoms with E-state index >= 15 is 0 Å². The number of piperidine rings is 1. The van der Waals surface area contributed by atoms with Crippen LogP contribution in [-0.4, -0.2) is 54.1 Å². The monoisotopic (exact) mass is 434 g/mol. The Bertz CT molecular complexity index is 768. The van der Waals surface area contributed by atoms with E-state index in [1.54, 1.807) is 11.3 Å². The largest absolute Gasteiger partial charge is 0.356 e. The van der Waals surface area contributed by atoms with Gasteiger partial charge in [0.05, 0.1) is 10.7 Å². The van der Waals surface area contributed by atoms with Crippen molar-refractivity contribution in [1.82, 2.24) is 25.5 Å². The Hall–Kier alpha value is -1.70. The maximum atomic E-state index is 5.83. The SMILES string of the molecule is CCc1nc(CN2CCC(CNC(=NC)NCCc3ccc(Cl)nc3)CC2)cs1. The molecule has 1 saturated heterocycles. The fourth-order valence-corrected chi connectivity index (χ4v) is 4.35. The van der Waals surface area contributed by atoms with Crippen LogP contribution >= 0.6 is 22.9 Å². The lowest BCUT2D eigenvalue weighted by molar-refractivity contribution is 0.176. The van der Waals surface area contributed by atoms with Gasteiger partial charge in [0.2, 0.25) is 0 Å². The fourth-order valence-electron chi connectivity index (χ4n) is 3.50. The Morgan fingerprint density at radius 1 is 1.31 bits per heavy atom. The van der Waals surface area contributed by atoms with Gasteiger partial charge in [-0.2, -0.15) is 0 Å². The second-order valence-corrected chi connectivity index (χ2v) is 8.75. The number of hydrogen-bond acceptors (Lipinski definition) is 5. The lowest BCUT2D eigenvalue weighted by Crippen LogP contribution is -2.43. The summed E-state index contributed by atoms with van der Waals surface area (Å²) < 4.78 is 0. The van der Waals surface area contributed by atoms with E-state index in [2.05, 4.69) is 37.8 Å². The molecular formula is C21H31ClN6S. The summed E-state index contributed by atoms with van der Waals surface area (Å²) in [6.07, 6.45) is 6.17. The number of rotatable bonds is 8. The highest BCUT2D eigenvalue weighted by Gasteiger charge is 2.20. The Morgan fingerprint density at radius 3 is 2.79 bits per heavy atom. The summed E-state index contributed by atoms with van der Waals surface area (Å²) in [5.74, 6) is 1.55. The average molecular weight is 435 g/mol. The van der Waals surface area contributed by atoms with E-state index in [4.69, 9.17) is 16.6 Å². The van der Waals surface area contributed by atoms with Gasteiger partial charge in [0.1, 0.15) is 5.15 Å². The highest BCUT2D eigenvalue weighted by Crippen LogP contribution is 2.19. The van der Waals surface area contributed by atoms with Crippen LogP contribution in [0.25, 0.3) is 0 Å². The molecule has 2 N–H and O–H groups in total. The first-order valence-corrected chi connectivity index (χ1v) is 11.6. The molecule has 0 atom stereocenters. The molecule has 6 nitrogen and oxygen atoms in total. The first-order chi connectivity index (χ1) is 14.2. The minimum absolute atomic E-state index is 0.530. The maximum Gasteiger partial charge on any atom is 0.190 e. The van der Waals surface area contributed by atoms with E-state index in [1.807, 2.05) is 25.4 Å². The molecule has 2 aromatic heterocycles.